The molecule has 1 aliphatic rings. The van der Waals surface area contributed by atoms with Crippen molar-refractivity contribution < 1.29 is 19.1 Å². The van der Waals surface area contributed by atoms with Crippen LogP contribution in [0.5, 0.6) is 11.5 Å². The predicted molar refractivity (Wildman–Crippen MR) is 120 cm³/mol. The van der Waals surface area contributed by atoms with E-state index >= 15 is 0 Å². The minimum Gasteiger partial charge on any atom is -0.490 e. The summed E-state index contributed by atoms with van der Waals surface area (Å²) in [7, 11) is 0. The van der Waals surface area contributed by atoms with Crippen molar-refractivity contribution in [3.63, 3.8) is 0 Å². The second-order valence-corrected chi connectivity index (χ2v) is 7.96. The molecule has 3 rings (SSSR count). The van der Waals surface area contributed by atoms with Gasteiger partial charge in [-0.15, -0.1) is 0 Å². The van der Waals surface area contributed by atoms with Gasteiger partial charge in [0.2, 0.25) is 11.8 Å². The highest BCUT2D eigenvalue weighted by atomic mass is 16.5. The van der Waals surface area contributed by atoms with Gasteiger partial charge in [-0.3, -0.25) is 9.59 Å². The first-order chi connectivity index (χ1) is 14.9. The number of aryl methyl sites for hydroxylation is 1. The van der Waals surface area contributed by atoms with Crippen LogP contribution in [-0.4, -0.2) is 36.5 Å². The number of hydrogen-bond donors (Lipinski definition) is 1. The van der Waals surface area contributed by atoms with Gasteiger partial charge in [0.25, 0.3) is 0 Å². The average molecular weight is 425 g/mol. The van der Waals surface area contributed by atoms with Gasteiger partial charge in [0, 0.05) is 19.5 Å². The van der Waals surface area contributed by atoms with E-state index in [4.69, 9.17) is 9.47 Å². The van der Waals surface area contributed by atoms with E-state index in [2.05, 4.69) is 5.32 Å². The van der Waals surface area contributed by atoms with Crippen molar-refractivity contribution in [2.24, 2.45) is 5.92 Å². The van der Waals surface area contributed by atoms with Gasteiger partial charge in [0.1, 0.15) is 0 Å². The van der Waals surface area contributed by atoms with E-state index in [9.17, 15) is 9.59 Å². The van der Waals surface area contributed by atoms with Crippen LogP contribution < -0.4 is 14.8 Å². The lowest BCUT2D eigenvalue weighted by Crippen LogP contribution is -2.34. The second-order valence-electron chi connectivity index (χ2n) is 7.96. The van der Waals surface area contributed by atoms with E-state index in [1.807, 2.05) is 70.2 Å². The maximum atomic E-state index is 12.9. The molecule has 0 aromatic heterocycles. The summed E-state index contributed by atoms with van der Waals surface area (Å²) in [5, 5.41) is 3.06. The lowest BCUT2D eigenvalue weighted by molar-refractivity contribution is -0.129. The van der Waals surface area contributed by atoms with Crippen molar-refractivity contribution in [2.75, 3.05) is 19.8 Å². The number of amides is 2. The third-order valence-electron chi connectivity index (χ3n) is 5.51. The topological polar surface area (TPSA) is 67.9 Å². The fourth-order valence-corrected chi connectivity index (χ4v) is 3.77. The molecule has 1 heterocycles. The first kappa shape index (κ1) is 22.7. The Morgan fingerprint density at radius 1 is 1.10 bits per heavy atom. The molecule has 2 amide bonds. The fourth-order valence-electron chi connectivity index (χ4n) is 3.77. The zero-order chi connectivity index (χ0) is 22.4. The highest BCUT2D eigenvalue weighted by Crippen LogP contribution is 2.31. The van der Waals surface area contributed by atoms with Crippen molar-refractivity contribution in [1.29, 1.82) is 0 Å². The fraction of sp³-hybridized carbons (Fsp3) is 0.440. The van der Waals surface area contributed by atoms with Gasteiger partial charge in [0.05, 0.1) is 25.2 Å². The van der Waals surface area contributed by atoms with E-state index < -0.39 is 0 Å². The molecule has 6 heteroatoms. The summed E-state index contributed by atoms with van der Waals surface area (Å²) in [5.74, 6) is 0.949. The molecular weight excluding hydrogens is 392 g/mol. The van der Waals surface area contributed by atoms with E-state index in [-0.39, 0.29) is 30.2 Å². The van der Waals surface area contributed by atoms with Gasteiger partial charge < -0.3 is 19.7 Å². The summed E-state index contributed by atoms with van der Waals surface area (Å²) >= 11 is 0. The number of benzene rings is 2. The molecule has 31 heavy (non-hydrogen) atoms. The van der Waals surface area contributed by atoms with Crippen LogP contribution in [0.1, 0.15) is 49.9 Å². The number of hydrogen-bond acceptors (Lipinski definition) is 4. The summed E-state index contributed by atoms with van der Waals surface area (Å²) in [5.41, 5.74) is 3.19. The van der Waals surface area contributed by atoms with Crippen molar-refractivity contribution in [1.82, 2.24) is 10.2 Å². The third kappa shape index (κ3) is 5.78. The van der Waals surface area contributed by atoms with Crippen molar-refractivity contribution in [3.8, 4) is 11.5 Å². The molecule has 0 radical (unpaired) electrons. The van der Waals surface area contributed by atoms with Crippen molar-refractivity contribution in [3.05, 3.63) is 59.2 Å². The summed E-state index contributed by atoms with van der Waals surface area (Å²) < 4.78 is 11.3. The molecule has 0 saturated carbocycles. The molecule has 166 valence electrons. The van der Waals surface area contributed by atoms with Gasteiger partial charge in [-0.1, -0.05) is 35.9 Å². The van der Waals surface area contributed by atoms with E-state index in [0.717, 1.165) is 11.1 Å². The van der Waals surface area contributed by atoms with Crippen LogP contribution in [0.2, 0.25) is 0 Å². The Morgan fingerprint density at radius 3 is 2.45 bits per heavy atom. The number of ether oxygens (including phenoxy) is 2. The molecule has 2 unspecified atom stereocenters. The molecule has 6 nitrogen and oxygen atoms in total. The van der Waals surface area contributed by atoms with Gasteiger partial charge in [-0.25, -0.2) is 0 Å². The Morgan fingerprint density at radius 2 is 1.77 bits per heavy atom. The van der Waals surface area contributed by atoms with Crippen LogP contribution in [0.4, 0.5) is 0 Å². The van der Waals surface area contributed by atoms with Gasteiger partial charge >= 0.3 is 0 Å². The first-order valence-electron chi connectivity index (χ1n) is 10.9. The first-order valence-corrected chi connectivity index (χ1v) is 10.9. The zero-order valence-electron chi connectivity index (χ0n) is 18.8. The quantitative estimate of drug-likeness (QED) is 0.660. The van der Waals surface area contributed by atoms with Crippen LogP contribution in [0.3, 0.4) is 0 Å². The largest absolute Gasteiger partial charge is 0.490 e. The van der Waals surface area contributed by atoms with E-state index in [1.54, 1.807) is 4.90 Å². The molecule has 0 aliphatic carbocycles. The summed E-state index contributed by atoms with van der Waals surface area (Å²) in [4.78, 5) is 27.1. The zero-order valence-corrected chi connectivity index (χ0v) is 18.8. The van der Waals surface area contributed by atoms with Crippen LogP contribution in [-0.2, 0) is 16.1 Å². The summed E-state index contributed by atoms with van der Waals surface area (Å²) in [6, 6.07) is 13.6. The highest BCUT2D eigenvalue weighted by Gasteiger charge is 2.34. The summed E-state index contributed by atoms with van der Waals surface area (Å²) in [6.07, 6.45) is 0.248. The van der Waals surface area contributed by atoms with Crippen LogP contribution >= 0.6 is 0 Å². The van der Waals surface area contributed by atoms with Crippen molar-refractivity contribution in [2.45, 2.75) is 46.7 Å². The molecule has 1 aliphatic heterocycles. The average Bonchev–Trinajstić information content (AvgIpc) is 3.11. The SMILES string of the molecule is CCOc1ccc(C(C)NC(=O)C2CC(=O)N(Cc3ccc(C)cc3)C2)cc1OCC. The van der Waals surface area contributed by atoms with Gasteiger partial charge in [0.15, 0.2) is 11.5 Å². The standard InChI is InChI=1S/C25H32N2O4/c1-5-30-22-12-11-20(13-23(22)31-6-2)18(4)26-25(29)21-14-24(28)27(16-21)15-19-9-7-17(3)8-10-19/h7-13,18,21H,5-6,14-16H2,1-4H3,(H,26,29). The van der Waals surface area contributed by atoms with Gasteiger partial charge in [-0.05, 0) is 51.0 Å². The summed E-state index contributed by atoms with van der Waals surface area (Å²) in [6.45, 7) is 9.89. The Labute approximate surface area is 184 Å². The third-order valence-corrected chi connectivity index (χ3v) is 5.51. The number of nitrogens with one attached hydrogen (secondary N) is 1. The molecule has 0 bridgehead atoms. The predicted octanol–water partition coefficient (Wildman–Crippen LogP) is 4.02. The number of nitrogens with zero attached hydrogens (tertiary/aromatic N) is 1. The molecule has 1 N–H and O–H groups in total. The van der Waals surface area contributed by atoms with Crippen LogP contribution in [0.25, 0.3) is 0 Å². The molecule has 1 saturated heterocycles. The molecule has 2 aromatic carbocycles. The minimum atomic E-state index is -0.338. The van der Waals surface area contributed by atoms with Gasteiger partial charge in [-0.2, -0.15) is 0 Å². The molecular formula is C25H32N2O4. The minimum absolute atomic E-state index is 0.0214. The molecule has 0 spiro atoms. The smallest absolute Gasteiger partial charge is 0.225 e. The number of carbonyl (C=O) groups is 2. The number of likely N-dealkylation sites (tertiary alicyclic amines) is 1. The molecule has 1 fully saturated rings. The highest BCUT2D eigenvalue weighted by molar-refractivity contribution is 5.89. The Hall–Kier alpha value is -3.02. The lowest BCUT2D eigenvalue weighted by atomic mass is 10.0. The normalized spacial score (nSPS) is 16.8. The Bertz CT molecular complexity index is 910. The maximum Gasteiger partial charge on any atom is 0.225 e. The van der Waals surface area contributed by atoms with Crippen LogP contribution in [0, 0.1) is 12.8 Å². The number of rotatable bonds is 9. The maximum absolute atomic E-state index is 12.9. The molecule has 2 atom stereocenters. The van der Waals surface area contributed by atoms with Crippen LogP contribution in [0.15, 0.2) is 42.5 Å². The second kappa shape index (κ2) is 10.3. The molecule has 2 aromatic rings. The van der Waals surface area contributed by atoms with E-state index in [0.29, 0.717) is 37.8 Å². The Balaban J connectivity index is 1.61. The monoisotopic (exact) mass is 424 g/mol. The van der Waals surface area contributed by atoms with E-state index in [1.165, 1.54) is 5.56 Å². The number of carbonyl (C=O) groups excluding carboxylic acids is 2. The lowest BCUT2D eigenvalue weighted by Gasteiger charge is -2.20. The van der Waals surface area contributed by atoms with Crippen molar-refractivity contribution >= 4 is 11.8 Å². The Kier molecular flexibility index (Phi) is 7.55.